The fourth-order valence-corrected chi connectivity index (χ4v) is 8.18. The van der Waals surface area contributed by atoms with Gasteiger partial charge in [-0.25, -0.2) is 4.79 Å². The number of halogens is 2. The summed E-state index contributed by atoms with van der Waals surface area (Å²) in [6.45, 7) is 7.54. The van der Waals surface area contributed by atoms with E-state index in [4.69, 9.17) is 27.9 Å². The fraction of sp³-hybridized carbons (Fsp3) is 0.415. The van der Waals surface area contributed by atoms with Gasteiger partial charge in [0.25, 0.3) is 0 Å². The molecule has 54 heavy (non-hydrogen) atoms. The van der Waals surface area contributed by atoms with Crippen molar-refractivity contribution in [3.8, 4) is 11.5 Å². The van der Waals surface area contributed by atoms with Crippen molar-refractivity contribution in [3.63, 3.8) is 0 Å². The van der Waals surface area contributed by atoms with Gasteiger partial charge in [-0.3, -0.25) is 19.3 Å². The number of hydrogen-bond acceptors (Lipinski definition) is 7. The molecule has 2 aliphatic rings. The summed E-state index contributed by atoms with van der Waals surface area (Å²) in [5.41, 5.74) is 3.69. The van der Waals surface area contributed by atoms with Crippen molar-refractivity contribution in [3.05, 3.63) is 65.2 Å². The SMILES string of the molecule is CC(=O)Nc1ccc2c3c(cc(O)c2c1)N(C(=O)CCCCCCC(=O)Nc1ccc2c4c(cc(O)c2c1)CN(C(=O)OC(C)(C)C)C4CCl)CC3CCl. The Kier molecular flexibility index (Phi) is 11.5. The van der Waals surface area contributed by atoms with Crippen LogP contribution in [-0.4, -0.2) is 62.8 Å². The van der Waals surface area contributed by atoms with Crippen LogP contribution in [0.15, 0.2) is 48.5 Å². The number of ether oxygens (including phenoxy) is 1. The smallest absolute Gasteiger partial charge is 0.411 e. The van der Waals surface area contributed by atoms with Gasteiger partial charge in [0.2, 0.25) is 17.7 Å². The maximum absolute atomic E-state index is 13.4. The Morgan fingerprint density at radius 3 is 2.02 bits per heavy atom. The van der Waals surface area contributed by atoms with E-state index >= 15 is 0 Å². The third-order valence-corrected chi connectivity index (χ3v) is 10.6. The van der Waals surface area contributed by atoms with Crippen LogP contribution in [0, 0.1) is 0 Å². The molecule has 0 saturated heterocycles. The van der Waals surface area contributed by atoms with Gasteiger partial charge < -0.3 is 30.5 Å². The Hall–Kier alpha value is -4.74. The Morgan fingerprint density at radius 2 is 1.41 bits per heavy atom. The van der Waals surface area contributed by atoms with Crippen LogP contribution in [0.5, 0.6) is 11.5 Å². The molecule has 2 unspecified atom stereocenters. The number of unbranched alkanes of at least 4 members (excludes halogenated alkanes) is 3. The summed E-state index contributed by atoms with van der Waals surface area (Å²) in [4.78, 5) is 54.0. The van der Waals surface area contributed by atoms with E-state index < -0.39 is 17.7 Å². The molecule has 286 valence electrons. The molecule has 0 aromatic heterocycles. The highest BCUT2D eigenvalue weighted by atomic mass is 35.5. The van der Waals surface area contributed by atoms with Crippen molar-refractivity contribution in [1.29, 1.82) is 0 Å². The third-order valence-electron chi connectivity index (χ3n) is 9.94. The number of benzene rings is 4. The number of carbonyl (C=O) groups is 4. The minimum atomic E-state index is -0.665. The molecular formula is C41H46Cl2N4O7. The van der Waals surface area contributed by atoms with Crippen molar-refractivity contribution in [1.82, 2.24) is 4.90 Å². The zero-order valence-corrected chi connectivity index (χ0v) is 32.4. The summed E-state index contributed by atoms with van der Waals surface area (Å²) in [6, 6.07) is 13.5. The van der Waals surface area contributed by atoms with Gasteiger partial charge in [0.1, 0.15) is 17.1 Å². The van der Waals surface area contributed by atoms with Gasteiger partial charge in [-0.1, -0.05) is 25.0 Å². The van der Waals surface area contributed by atoms with Gasteiger partial charge in [-0.2, -0.15) is 0 Å². The van der Waals surface area contributed by atoms with Crippen LogP contribution in [0.2, 0.25) is 0 Å². The highest BCUT2D eigenvalue weighted by molar-refractivity contribution is 6.19. The first-order valence-corrected chi connectivity index (χ1v) is 19.3. The molecular weight excluding hydrogens is 731 g/mol. The quantitative estimate of drug-likeness (QED) is 0.0878. The maximum Gasteiger partial charge on any atom is 0.411 e. The van der Waals surface area contributed by atoms with Crippen LogP contribution in [0.1, 0.15) is 94.9 Å². The molecule has 0 bridgehead atoms. The minimum Gasteiger partial charge on any atom is -0.507 e. The van der Waals surface area contributed by atoms with Crippen LogP contribution in [0.4, 0.5) is 21.9 Å². The van der Waals surface area contributed by atoms with E-state index in [2.05, 4.69) is 10.6 Å². The summed E-state index contributed by atoms with van der Waals surface area (Å²) in [6.07, 6.45) is 2.99. The summed E-state index contributed by atoms with van der Waals surface area (Å²) in [5.74, 6) is 0.0438. The molecule has 0 saturated carbocycles. The molecule has 2 heterocycles. The lowest BCUT2D eigenvalue weighted by Gasteiger charge is -2.28. The average Bonchev–Trinajstić information content (AvgIpc) is 3.67. The second kappa shape index (κ2) is 15.9. The highest BCUT2D eigenvalue weighted by Gasteiger charge is 2.38. The molecule has 6 rings (SSSR count). The highest BCUT2D eigenvalue weighted by Crippen LogP contribution is 2.47. The Labute approximate surface area is 324 Å². The second-order valence-corrected chi connectivity index (χ2v) is 15.7. The summed E-state index contributed by atoms with van der Waals surface area (Å²) >= 11 is 12.7. The summed E-state index contributed by atoms with van der Waals surface area (Å²) in [7, 11) is 0. The fourth-order valence-electron chi connectivity index (χ4n) is 7.60. The molecule has 0 spiro atoms. The number of alkyl halides is 2. The van der Waals surface area contributed by atoms with Crippen LogP contribution < -0.4 is 15.5 Å². The number of nitrogens with zero attached hydrogens (tertiary/aromatic N) is 2. The van der Waals surface area contributed by atoms with E-state index in [-0.39, 0.29) is 47.6 Å². The predicted molar refractivity (Wildman–Crippen MR) is 213 cm³/mol. The lowest BCUT2D eigenvalue weighted by atomic mass is 9.95. The minimum absolute atomic E-state index is 0.0258. The molecule has 4 N–H and O–H groups in total. The molecule has 0 aliphatic carbocycles. The number of hydrogen-bond donors (Lipinski definition) is 4. The lowest BCUT2D eigenvalue weighted by molar-refractivity contribution is -0.119. The molecule has 11 nitrogen and oxygen atoms in total. The lowest BCUT2D eigenvalue weighted by Crippen LogP contribution is -2.36. The standard InChI is InChI=1S/C41H46Cl2N4O7/c1-23(48)44-26-11-13-29-31(16-26)35(50)18-32-39(29)25(19-42)22-46(32)37(52)10-8-6-5-7-9-36(51)45-27-12-14-28-30(17-27)34(49)15-24-21-47(33(20-43)38(24)28)40(53)54-41(2,3)4/h11-18,25,33,49-50H,5-10,19-22H2,1-4H3,(H,44,48)(H,45,51). The van der Waals surface area contributed by atoms with Crippen molar-refractivity contribution in [2.45, 2.75) is 90.3 Å². The van der Waals surface area contributed by atoms with Crippen molar-refractivity contribution < 1.29 is 34.1 Å². The van der Waals surface area contributed by atoms with Gasteiger partial charge in [0.15, 0.2) is 0 Å². The Balaban J connectivity index is 1.01. The molecule has 4 aromatic rings. The molecule has 2 atom stereocenters. The van der Waals surface area contributed by atoms with E-state index in [1.165, 1.54) is 6.92 Å². The molecule has 13 heteroatoms. The van der Waals surface area contributed by atoms with Gasteiger partial charge >= 0.3 is 6.09 Å². The number of nitrogens with one attached hydrogen (secondary N) is 2. The first-order chi connectivity index (χ1) is 25.7. The molecule has 4 aromatic carbocycles. The van der Waals surface area contributed by atoms with E-state index in [1.54, 1.807) is 67.0 Å². The first-order valence-electron chi connectivity index (χ1n) is 18.3. The number of phenols is 2. The predicted octanol–water partition coefficient (Wildman–Crippen LogP) is 9.04. The van der Waals surface area contributed by atoms with Gasteiger partial charge in [0, 0.05) is 72.2 Å². The summed E-state index contributed by atoms with van der Waals surface area (Å²) in [5, 5.41) is 30.2. The largest absolute Gasteiger partial charge is 0.507 e. The zero-order chi connectivity index (χ0) is 38.9. The van der Waals surface area contributed by atoms with Gasteiger partial charge in [-0.05, 0) is 91.4 Å². The van der Waals surface area contributed by atoms with Crippen LogP contribution in [0.3, 0.4) is 0 Å². The molecule has 2 aliphatic heterocycles. The number of anilines is 3. The molecule has 0 fully saturated rings. The number of rotatable bonds is 11. The number of amides is 4. The van der Waals surface area contributed by atoms with E-state index in [0.717, 1.165) is 40.3 Å². The van der Waals surface area contributed by atoms with Crippen molar-refractivity contribution in [2.24, 2.45) is 0 Å². The monoisotopic (exact) mass is 776 g/mol. The summed E-state index contributed by atoms with van der Waals surface area (Å²) < 4.78 is 5.60. The van der Waals surface area contributed by atoms with E-state index in [9.17, 15) is 29.4 Å². The Bertz CT molecular complexity index is 2130. The first kappa shape index (κ1) is 39.0. The van der Waals surface area contributed by atoms with Crippen LogP contribution in [0.25, 0.3) is 21.5 Å². The Morgan fingerprint density at radius 1 is 0.796 bits per heavy atom. The average molecular weight is 778 g/mol. The number of phenolic OH excluding ortho intramolecular Hbond substituents is 2. The second-order valence-electron chi connectivity index (χ2n) is 15.1. The number of carbonyl (C=O) groups excluding carboxylic acids is 4. The topological polar surface area (TPSA) is 149 Å². The van der Waals surface area contributed by atoms with Crippen LogP contribution >= 0.6 is 23.2 Å². The van der Waals surface area contributed by atoms with Crippen molar-refractivity contribution in [2.75, 3.05) is 33.8 Å². The van der Waals surface area contributed by atoms with Crippen LogP contribution in [-0.2, 0) is 25.7 Å². The van der Waals surface area contributed by atoms with Crippen molar-refractivity contribution >= 4 is 85.6 Å². The zero-order valence-electron chi connectivity index (χ0n) is 30.9. The number of aromatic hydroxyl groups is 2. The molecule has 4 amide bonds. The molecule has 0 radical (unpaired) electrons. The third kappa shape index (κ3) is 8.17. The number of fused-ring (bicyclic) bond motifs is 6. The van der Waals surface area contributed by atoms with Gasteiger partial charge in [0.05, 0.1) is 18.3 Å². The van der Waals surface area contributed by atoms with E-state index in [1.807, 2.05) is 12.1 Å². The van der Waals surface area contributed by atoms with E-state index in [0.29, 0.717) is 65.9 Å². The normalized spacial score (nSPS) is 16.4. The van der Waals surface area contributed by atoms with Gasteiger partial charge in [-0.15, -0.1) is 23.2 Å². The maximum atomic E-state index is 13.4.